The molecule has 0 spiro atoms. The van der Waals surface area contributed by atoms with Gasteiger partial charge in [-0.15, -0.1) is 0 Å². The summed E-state index contributed by atoms with van der Waals surface area (Å²) in [5, 5.41) is 4.19. The van der Waals surface area contributed by atoms with Crippen LogP contribution in [0.15, 0.2) is 53.4 Å². The van der Waals surface area contributed by atoms with Gasteiger partial charge < -0.3 is 0 Å². The van der Waals surface area contributed by atoms with Gasteiger partial charge in [0.25, 0.3) is 0 Å². The molecular formula is C16H12FNS. The highest BCUT2D eigenvalue weighted by Gasteiger charge is 2.09. The van der Waals surface area contributed by atoms with Gasteiger partial charge in [0.05, 0.1) is 0 Å². The lowest BCUT2D eigenvalue weighted by atomic mass is 9.99. The zero-order chi connectivity index (χ0) is 13.2. The summed E-state index contributed by atoms with van der Waals surface area (Å²) in [5.74, 6) is -0.448. The molecule has 3 heteroatoms. The van der Waals surface area contributed by atoms with E-state index in [-0.39, 0.29) is 0 Å². The Kier molecular flexibility index (Phi) is 3.13. The molecule has 0 bridgehead atoms. The SMILES string of the molecule is Cc1ccc(-c2cscc2-c2ccc(F)nc2)cc1. The molecule has 94 valence electrons. The van der Waals surface area contributed by atoms with E-state index in [9.17, 15) is 4.39 Å². The largest absolute Gasteiger partial charge is 0.228 e. The Morgan fingerprint density at radius 2 is 1.53 bits per heavy atom. The summed E-state index contributed by atoms with van der Waals surface area (Å²) in [6, 6.07) is 11.6. The van der Waals surface area contributed by atoms with Crippen LogP contribution in [0.1, 0.15) is 5.56 Å². The number of hydrogen-bond donors (Lipinski definition) is 0. The molecule has 0 aliphatic rings. The highest BCUT2D eigenvalue weighted by Crippen LogP contribution is 2.35. The summed E-state index contributed by atoms with van der Waals surface area (Å²) in [4.78, 5) is 3.72. The van der Waals surface area contributed by atoms with Crippen LogP contribution in [0.3, 0.4) is 0 Å². The summed E-state index contributed by atoms with van der Waals surface area (Å²) in [6.07, 6.45) is 1.58. The summed E-state index contributed by atoms with van der Waals surface area (Å²) >= 11 is 1.64. The fourth-order valence-electron chi connectivity index (χ4n) is 2.01. The van der Waals surface area contributed by atoms with Crippen molar-refractivity contribution in [2.24, 2.45) is 0 Å². The van der Waals surface area contributed by atoms with Crippen molar-refractivity contribution >= 4 is 11.3 Å². The minimum absolute atomic E-state index is 0.448. The maximum Gasteiger partial charge on any atom is 0.212 e. The molecule has 0 atom stereocenters. The number of nitrogens with zero attached hydrogens (tertiary/aromatic N) is 1. The van der Waals surface area contributed by atoms with Gasteiger partial charge in [0.2, 0.25) is 5.95 Å². The number of hydrogen-bond acceptors (Lipinski definition) is 2. The number of benzene rings is 1. The number of halogens is 1. The number of aromatic nitrogens is 1. The van der Waals surface area contributed by atoms with E-state index >= 15 is 0 Å². The van der Waals surface area contributed by atoms with E-state index in [1.165, 1.54) is 22.8 Å². The third-order valence-corrected chi connectivity index (χ3v) is 3.81. The molecule has 3 aromatic rings. The second-order valence-electron chi connectivity index (χ2n) is 4.43. The van der Waals surface area contributed by atoms with Crippen molar-refractivity contribution in [2.75, 3.05) is 0 Å². The smallest absolute Gasteiger partial charge is 0.212 e. The van der Waals surface area contributed by atoms with Crippen LogP contribution < -0.4 is 0 Å². The van der Waals surface area contributed by atoms with Gasteiger partial charge >= 0.3 is 0 Å². The molecular weight excluding hydrogens is 257 g/mol. The number of aryl methyl sites for hydroxylation is 1. The van der Waals surface area contributed by atoms with Gasteiger partial charge in [-0.1, -0.05) is 29.8 Å². The monoisotopic (exact) mass is 269 g/mol. The first kappa shape index (κ1) is 12.1. The van der Waals surface area contributed by atoms with E-state index in [2.05, 4.69) is 46.9 Å². The van der Waals surface area contributed by atoms with Gasteiger partial charge in [-0.05, 0) is 35.4 Å². The second kappa shape index (κ2) is 4.94. The molecule has 0 fully saturated rings. The lowest BCUT2D eigenvalue weighted by Gasteiger charge is -2.05. The van der Waals surface area contributed by atoms with Crippen LogP contribution in [-0.4, -0.2) is 4.98 Å². The van der Waals surface area contributed by atoms with Crippen LogP contribution in [0.4, 0.5) is 4.39 Å². The fraction of sp³-hybridized carbons (Fsp3) is 0.0625. The highest BCUT2D eigenvalue weighted by atomic mass is 32.1. The highest BCUT2D eigenvalue weighted by molar-refractivity contribution is 7.08. The van der Waals surface area contributed by atoms with Gasteiger partial charge in [0.1, 0.15) is 0 Å². The van der Waals surface area contributed by atoms with E-state index < -0.39 is 5.95 Å². The number of rotatable bonds is 2. The topological polar surface area (TPSA) is 12.9 Å². The van der Waals surface area contributed by atoms with Crippen molar-refractivity contribution in [2.45, 2.75) is 6.92 Å². The first-order chi connectivity index (χ1) is 9.24. The average Bonchev–Trinajstić information content (AvgIpc) is 2.90. The minimum atomic E-state index is -0.448. The van der Waals surface area contributed by atoms with E-state index in [0.29, 0.717) is 0 Å². The summed E-state index contributed by atoms with van der Waals surface area (Å²) in [7, 11) is 0. The molecule has 2 heterocycles. The number of thiophene rings is 1. The Hall–Kier alpha value is -2.00. The minimum Gasteiger partial charge on any atom is -0.228 e. The molecule has 19 heavy (non-hydrogen) atoms. The van der Waals surface area contributed by atoms with Gasteiger partial charge in [-0.2, -0.15) is 15.7 Å². The Balaban J connectivity index is 2.07. The quantitative estimate of drug-likeness (QED) is 0.601. The van der Waals surface area contributed by atoms with Gasteiger partial charge in [0.15, 0.2) is 0 Å². The normalized spacial score (nSPS) is 10.6. The summed E-state index contributed by atoms with van der Waals surface area (Å²) in [6.45, 7) is 2.07. The van der Waals surface area contributed by atoms with Gasteiger partial charge in [0, 0.05) is 22.9 Å². The molecule has 1 aromatic carbocycles. The third-order valence-electron chi connectivity index (χ3n) is 3.06. The fourth-order valence-corrected chi connectivity index (χ4v) is 2.88. The van der Waals surface area contributed by atoms with Crippen LogP contribution in [0.5, 0.6) is 0 Å². The molecule has 2 aromatic heterocycles. The summed E-state index contributed by atoms with van der Waals surface area (Å²) in [5.41, 5.74) is 5.62. The standard InChI is InChI=1S/C16H12FNS/c1-11-2-4-12(5-3-11)14-9-19-10-15(14)13-6-7-16(17)18-8-13/h2-10H,1H3. The predicted octanol–water partition coefficient (Wildman–Crippen LogP) is 4.92. The molecule has 0 saturated carbocycles. The van der Waals surface area contributed by atoms with Crippen molar-refractivity contribution in [1.29, 1.82) is 0 Å². The number of pyridine rings is 1. The Morgan fingerprint density at radius 1 is 0.895 bits per heavy atom. The van der Waals surface area contributed by atoms with Gasteiger partial charge in [-0.25, -0.2) is 4.98 Å². The molecule has 0 N–H and O–H groups in total. The van der Waals surface area contributed by atoms with Crippen LogP contribution in [-0.2, 0) is 0 Å². The maximum absolute atomic E-state index is 12.9. The van der Waals surface area contributed by atoms with Gasteiger partial charge in [-0.3, -0.25) is 0 Å². The first-order valence-corrected chi connectivity index (χ1v) is 6.93. The molecule has 0 unspecified atom stereocenters. The lowest BCUT2D eigenvalue weighted by molar-refractivity contribution is 0.584. The van der Waals surface area contributed by atoms with Crippen LogP contribution in [0, 0.1) is 12.9 Å². The maximum atomic E-state index is 12.9. The Labute approximate surface area is 115 Å². The van der Waals surface area contributed by atoms with E-state index in [4.69, 9.17) is 0 Å². The van der Waals surface area contributed by atoms with Crippen molar-refractivity contribution in [3.63, 3.8) is 0 Å². The molecule has 0 saturated heterocycles. The first-order valence-electron chi connectivity index (χ1n) is 5.99. The molecule has 1 nitrogen and oxygen atoms in total. The lowest BCUT2D eigenvalue weighted by Crippen LogP contribution is -1.84. The van der Waals surface area contributed by atoms with Crippen LogP contribution in [0.2, 0.25) is 0 Å². The zero-order valence-corrected chi connectivity index (χ0v) is 11.2. The third kappa shape index (κ3) is 2.42. The molecule has 0 aliphatic heterocycles. The van der Waals surface area contributed by atoms with Crippen molar-refractivity contribution in [3.05, 3.63) is 64.9 Å². The van der Waals surface area contributed by atoms with Crippen LogP contribution in [0.25, 0.3) is 22.3 Å². The van der Waals surface area contributed by atoms with E-state index in [0.717, 1.165) is 11.1 Å². The van der Waals surface area contributed by atoms with E-state index in [1.807, 2.05) is 0 Å². The molecule has 0 radical (unpaired) electrons. The molecule has 3 rings (SSSR count). The molecule has 0 amide bonds. The average molecular weight is 269 g/mol. The Bertz CT molecular complexity index is 624. The Morgan fingerprint density at radius 3 is 2.16 bits per heavy atom. The van der Waals surface area contributed by atoms with Crippen molar-refractivity contribution in [3.8, 4) is 22.3 Å². The molecule has 0 aliphatic carbocycles. The van der Waals surface area contributed by atoms with Crippen molar-refractivity contribution in [1.82, 2.24) is 4.98 Å². The second-order valence-corrected chi connectivity index (χ2v) is 5.18. The van der Waals surface area contributed by atoms with Crippen LogP contribution >= 0.6 is 11.3 Å². The van der Waals surface area contributed by atoms with Crippen molar-refractivity contribution < 1.29 is 4.39 Å². The van der Waals surface area contributed by atoms with E-state index in [1.54, 1.807) is 23.6 Å². The summed E-state index contributed by atoms with van der Waals surface area (Å²) < 4.78 is 12.9. The zero-order valence-electron chi connectivity index (χ0n) is 10.4. The predicted molar refractivity (Wildman–Crippen MR) is 77.7 cm³/mol.